The normalized spacial score (nSPS) is 28.2. The zero-order valence-corrected chi connectivity index (χ0v) is 11.9. The number of rotatable bonds is 2. The number of hydrogen-bond donors (Lipinski definition) is 2. The summed E-state index contributed by atoms with van der Waals surface area (Å²) >= 11 is 0. The smallest absolute Gasteiger partial charge is 0.199 e. The Labute approximate surface area is 123 Å². The Morgan fingerprint density at radius 1 is 1.05 bits per heavy atom. The molecule has 0 aliphatic heterocycles. The van der Waals surface area contributed by atoms with Crippen LogP contribution < -0.4 is 0 Å². The first-order valence-corrected chi connectivity index (χ1v) is 7.04. The summed E-state index contributed by atoms with van der Waals surface area (Å²) in [7, 11) is 0. The van der Waals surface area contributed by atoms with Crippen molar-refractivity contribution in [2.24, 2.45) is 5.41 Å². The van der Waals surface area contributed by atoms with Gasteiger partial charge in [0, 0.05) is 11.0 Å². The lowest BCUT2D eigenvalue weighted by Gasteiger charge is -2.46. The maximum absolute atomic E-state index is 13.0. The van der Waals surface area contributed by atoms with Crippen molar-refractivity contribution in [2.75, 3.05) is 6.61 Å². The highest BCUT2D eigenvalue weighted by molar-refractivity contribution is 6.05. The third-order valence-electron chi connectivity index (χ3n) is 4.59. The third kappa shape index (κ3) is 1.85. The Balaban J connectivity index is 2.25. The van der Waals surface area contributed by atoms with Gasteiger partial charge in [0.15, 0.2) is 11.4 Å². The van der Waals surface area contributed by atoms with E-state index in [-0.39, 0.29) is 12.4 Å². The van der Waals surface area contributed by atoms with Gasteiger partial charge in [0.1, 0.15) is 0 Å². The van der Waals surface area contributed by atoms with Crippen molar-refractivity contribution >= 4 is 5.78 Å². The number of carbonyl (C=O) groups is 1. The molecule has 0 amide bonds. The van der Waals surface area contributed by atoms with Crippen LogP contribution in [0.2, 0.25) is 0 Å². The second-order valence-corrected chi connectivity index (χ2v) is 5.96. The molecule has 0 spiro atoms. The molecule has 2 aromatic rings. The van der Waals surface area contributed by atoms with E-state index in [9.17, 15) is 15.0 Å². The van der Waals surface area contributed by atoms with Crippen LogP contribution in [0, 0.1) is 5.41 Å². The first kappa shape index (κ1) is 14.0. The van der Waals surface area contributed by atoms with Crippen LogP contribution in [0.15, 0.2) is 54.6 Å². The molecule has 0 heterocycles. The van der Waals surface area contributed by atoms with Crippen LogP contribution in [0.4, 0.5) is 0 Å². The number of carbonyl (C=O) groups excluding carboxylic acids is 1. The molecule has 0 bridgehead atoms. The van der Waals surface area contributed by atoms with Gasteiger partial charge in [-0.1, -0.05) is 61.5 Å². The van der Waals surface area contributed by atoms with E-state index in [1.165, 1.54) is 0 Å². The molecule has 0 radical (unpaired) electrons. The molecule has 1 aliphatic rings. The van der Waals surface area contributed by atoms with Crippen molar-refractivity contribution in [3.63, 3.8) is 0 Å². The van der Waals surface area contributed by atoms with Crippen LogP contribution in [-0.4, -0.2) is 22.6 Å². The van der Waals surface area contributed by atoms with Gasteiger partial charge in [-0.05, 0) is 17.5 Å². The standard InChI is InChI=1S/C18H18O3/c1-17(12-19)11-13-7-5-6-10-15(13)16(20)18(17,21)14-8-3-2-4-9-14/h2-10,19,21H,11-12H2,1H3. The predicted molar refractivity (Wildman–Crippen MR) is 80.0 cm³/mol. The lowest BCUT2D eigenvalue weighted by atomic mass is 9.59. The SMILES string of the molecule is CC1(CO)Cc2ccccc2C(=O)C1(O)c1ccccc1. The van der Waals surface area contributed by atoms with Gasteiger partial charge in [0.25, 0.3) is 0 Å². The van der Waals surface area contributed by atoms with E-state index in [0.29, 0.717) is 17.5 Å². The van der Waals surface area contributed by atoms with E-state index in [1.807, 2.05) is 18.2 Å². The van der Waals surface area contributed by atoms with Crippen molar-refractivity contribution in [2.45, 2.75) is 18.9 Å². The molecule has 2 atom stereocenters. The Hall–Kier alpha value is -1.97. The molecular formula is C18H18O3. The van der Waals surface area contributed by atoms with Gasteiger partial charge in [-0.15, -0.1) is 0 Å². The van der Waals surface area contributed by atoms with Crippen LogP contribution in [0.3, 0.4) is 0 Å². The summed E-state index contributed by atoms with van der Waals surface area (Å²) in [6.45, 7) is 1.49. The fourth-order valence-corrected chi connectivity index (χ4v) is 3.24. The molecule has 108 valence electrons. The monoisotopic (exact) mass is 282 g/mol. The molecule has 3 heteroatoms. The van der Waals surface area contributed by atoms with Crippen LogP contribution in [0.5, 0.6) is 0 Å². The number of hydrogen-bond acceptors (Lipinski definition) is 3. The average Bonchev–Trinajstić information content (AvgIpc) is 2.53. The second kappa shape index (κ2) is 4.79. The van der Waals surface area contributed by atoms with Gasteiger partial charge < -0.3 is 10.2 Å². The topological polar surface area (TPSA) is 57.5 Å². The van der Waals surface area contributed by atoms with E-state index >= 15 is 0 Å². The molecule has 1 aliphatic carbocycles. The van der Waals surface area contributed by atoms with E-state index in [1.54, 1.807) is 43.3 Å². The lowest BCUT2D eigenvalue weighted by molar-refractivity contribution is -0.0819. The van der Waals surface area contributed by atoms with Gasteiger partial charge in [-0.2, -0.15) is 0 Å². The molecule has 0 saturated heterocycles. The molecule has 2 unspecified atom stereocenters. The molecular weight excluding hydrogens is 264 g/mol. The largest absolute Gasteiger partial charge is 0.396 e. The number of aliphatic hydroxyl groups is 2. The van der Waals surface area contributed by atoms with E-state index in [2.05, 4.69) is 0 Å². The highest BCUT2D eigenvalue weighted by Gasteiger charge is 2.56. The molecule has 3 rings (SSSR count). The zero-order chi connectivity index (χ0) is 15.1. The highest BCUT2D eigenvalue weighted by atomic mass is 16.3. The Bertz CT molecular complexity index is 680. The minimum Gasteiger partial charge on any atom is -0.396 e. The van der Waals surface area contributed by atoms with Gasteiger partial charge in [-0.25, -0.2) is 0 Å². The van der Waals surface area contributed by atoms with Crippen molar-refractivity contribution < 1.29 is 15.0 Å². The van der Waals surface area contributed by atoms with Crippen molar-refractivity contribution in [1.82, 2.24) is 0 Å². The third-order valence-corrected chi connectivity index (χ3v) is 4.59. The van der Waals surface area contributed by atoms with Crippen LogP contribution in [0.1, 0.15) is 28.4 Å². The number of ketones is 1. The highest BCUT2D eigenvalue weighted by Crippen LogP contribution is 2.48. The maximum atomic E-state index is 13.0. The number of aliphatic hydroxyl groups excluding tert-OH is 1. The molecule has 21 heavy (non-hydrogen) atoms. The molecule has 0 aromatic heterocycles. The summed E-state index contributed by atoms with van der Waals surface area (Å²) in [6, 6.07) is 16.2. The minimum atomic E-state index is -1.71. The first-order valence-electron chi connectivity index (χ1n) is 7.04. The van der Waals surface area contributed by atoms with Gasteiger partial charge in [0.2, 0.25) is 0 Å². The summed E-state index contributed by atoms with van der Waals surface area (Å²) in [5.41, 5.74) is -0.715. The molecule has 3 nitrogen and oxygen atoms in total. The quantitative estimate of drug-likeness (QED) is 0.888. The molecule has 2 aromatic carbocycles. The van der Waals surface area contributed by atoms with Crippen molar-refractivity contribution in [1.29, 1.82) is 0 Å². The Morgan fingerprint density at radius 3 is 2.33 bits per heavy atom. The summed E-state index contributed by atoms with van der Waals surface area (Å²) in [6.07, 6.45) is 0.455. The van der Waals surface area contributed by atoms with Crippen LogP contribution >= 0.6 is 0 Å². The van der Waals surface area contributed by atoms with Crippen molar-refractivity contribution in [3.8, 4) is 0 Å². The second-order valence-electron chi connectivity index (χ2n) is 5.96. The minimum absolute atomic E-state index is 0.265. The summed E-state index contributed by atoms with van der Waals surface area (Å²) < 4.78 is 0. The van der Waals surface area contributed by atoms with Gasteiger partial charge >= 0.3 is 0 Å². The Morgan fingerprint density at radius 2 is 1.67 bits per heavy atom. The molecule has 0 saturated carbocycles. The van der Waals surface area contributed by atoms with Crippen LogP contribution in [0.25, 0.3) is 0 Å². The van der Waals surface area contributed by atoms with Crippen molar-refractivity contribution in [3.05, 3.63) is 71.3 Å². The zero-order valence-electron chi connectivity index (χ0n) is 11.9. The number of benzene rings is 2. The fourth-order valence-electron chi connectivity index (χ4n) is 3.24. The number of fused-ring (bicyclic) bond motifs is 1. The predicted octanol–water partition coefficient (Wildman–Crippen LogP) is 2.31. The summed E-state index contributed by atoms with van der Waals surface area (Å²) in [5.74, 6) is -0.341. The fraction of sp³-hybridized carbons (Fsp3) is 0.278. The molecule has 0 fully saturated rings. The Kier molecular flexibility index (Phi) is 3.19. The first-order chi connectivity index (χ1) is 10.0. The van der Waals surface area contributed by atoms with Gasteiger partial charge in [-0.3, -0.25) is 4.79 Å². The number of Topliss-reactive ketones (excluding diaryl/α,β-unsaturated/α-hetero) is 1. The average molecular weight is 282 g/mol. The van der Waals surface area contributed by atoms with Gasteiger partial charge in [0.05, 0.1) is 6.61 Å². The van der Waals surface area contributed by atoms with E-state index < -0.39 is 11.0 Å². The summed E-state index contributed by atoms with van der Waals surface area (Å²) in [5, 5.41) is 21.1. The van der Waals surface area contributed by atoms with Crippen LogP contribution in [-0.2, 0) is 12.0 Å². The summed E-state index contributed by atoms with van der Waals surface area (Å²) in [4.78, 5) is 13.0. The lowest BCUT2D eigenvalue weighted by Crippen LogP contribution is -2.56. The van der Waals surface area contributed by atoms with E-state index in [4.69, 9.17) is 0 Å². The van der Waals surface area contributed by atoms with E-state index in [0.717, 1.165) is 5.56 Å². The maximum Gasteiger partial charge on any atom is 0.199 e. The molecule has 2 N–H and O–H groups in total.